The molecular weight excluding hydrogens is 412 g/mol. The Balaban J connectivity index is 1.20. The topological polar surface area (TPSA) is 73.5 Å². The first-order chi connectivity index (χ1) is 14.9. The van der Waals surface area contributed by atoms with Crippen LogP contribution in [0.1, 0.15) is 49.4 Å². The van der Waals surface area contributed by atoms with Crippen LogP contribution in [0.15, 0.2) is 41.7 Å². The number of piperidine rings is 1. The fraction of sp³-hybridized carbons (Fsp3) is 0.417. The van der Waals surface area contributed by atoms with Gasteiger partial charge in [-0.05, 0) is 43.9 Å². The van der Waals surface area contributed by atoms with Gasteiger partial charge in [0.05, 0.1) is 0 Å². The zero-order chi connectivity index (χ0) is 21.6. The number of hydrogen-bond donors (Lipinski definition) is 3. The van der Waals surface area contributed by atoms with Gasteiger partial charge in [-0.1, -0.05) is 37.1 Å². The molecule has 0 unspecified atom stereocenters. The van der Waals surface area contributed by atoms with Crippen molar-refractivity contribution < 1.29 is 9.59 Å². The van der Waals surface area contributed by atoms with E-state index < -0.39 is 0 Å². The summed E-state index contributed by atoms with van der Waals surface area (Å²) < 4.78 is 0. The molecule has 5 rings (SSSR count). The molecule has 2 aromatic rings. The number of halogens is 1. The molecule has 31 heavy (non-hydrogen) atoms. The van der Waals surface area contributed by atoms with Crippen molar-refractivity contribution in [2.75, 3.05) is 23.7 Å². The van der Waals surface area contributed by atoms with Gasteiger partial charge < -0.3 is 20.9 Å². The Morgan fingerprint density at radius 1 is 1.23 bits per heavy atom. The maximum atomic E-state index is 12.7. The summed E-state index contributed by atoms with van der Waals surface area (Å²) in [5.41, 5.74) is 2.25. The fourth-order valence-electron chi connectivity index (χ4n) is 4.91. The van der Waals surface area contributed by atoms with Crippen molar-refractivity contribution in [2.24, 2.45) is 5.41 Å². The molecule has 3 N–H and O–H groups in total. The molecule has 7 heteroatoms. The van der Waals surface area contributed by atoms with E-state index in [1.165, 1.54) is 6.42 Å². The molecule has 6 nitrogen and oxygen atoms in total. The lowest BCUT2D eigenvalue weighted by atomic mass is 9.69. The van der Waals surface area contributed by atoms with Gasteiger partial charge in [-0.2, -0.15) is 0 Å². The van der Waals surface area contributed by atoms with Crippen molar-refractivity contribution >= 4 is 45.6 Å². The van der Waals surface area contributed by atoms with E-state index in [0.717, 1.165) is 60.9 Å². The van der Waals surface area contributed by atoms with Crippen LogP contribution in [0.5, 0.6) is 0 Å². The second-order valence-corrected chi connectivity index (χ2v) is 9.51. The van der Waals surface area contributed by atoms with Crippen molar-refractivity contribution in [3.05, 3.63) is 47.3 Å². The second kappa shape index (κ2) is 7.75. The fourth-order valence-corrected chi connectivity index (χ4v) is 5.07. The lowest BCUT2D eigenvalue weighted by Gasteiger charge is -2.43. The molecule has 1 aliphatic carbocycles. The Morgan fingerprint density at radius 3 is 2.71 bits per heavy atom. The Bertz CT molecular complexity index is 1080. The van der Waals surface area contributed by atoms with E-state index in [1.54, 1.807) is 6.20 Å². The number of carbonyl (C=O) groups is 2. The largest absolute Gasteiger partial charge is 0.386 e. The molecule has 3 aliphatic rings. The summed E-state index contributed by atoms with van der Waals surface area (Å²) in [6, 6.07) is 9.81. The monoisotopic (exact) mass is 438 g/mol. The molecule has 2 fully saturated rings. The van der Waals surface area contributed by atoms with Crippen LogP contribution in [0.2, 0.25) is 0 Å². The van der Waals surface area contributed by atoms with Gasteiger partial charge >= 0.3 is 0 Å². The van der Waals surface area contributed by atoms with Gasteiger partial charge in [-0.3, -0.25) is 9.59 Å². The van der Waals surface area contributed by atoms with Gasteiger partial charge in [0, 0.05) is 58.5 Å². The van der Waals surface area contributed by atoms with E-state index >= 15 is 0 Å². The van der Waals surface area contributed by atoms with Gasteiger partial charge in [0.15, 0.2) is 0 Å². The van der Waals surface area contributed by atoms with Crippen LogP contribution in [0.25, 0.3) is 10.8 Å². The van der Waals surface area contributed by atoms with Gasteiger partial charge in [-0.15, -0.1) is 0 Å². The number of rotatable bonds is 5. The molecule has 162 valence electrons. The van der Waals surface area contributed by atoms with E-state index in [1.807, 2.05) is 35.2 Å². The van der Waals surface area contributed by atoms with Crippen LogP contribution in [-0.4, -0.2) is 35.8 Å². The number of carbonyl (C=O) groups excluding carboxylic acids is 2. The Hall–Kier alpha value is -2.73. The summed E-state index contributed by atoms with van der Waals surface area (Å²) in [5.74, 6) is 0.254. The third kappa shape index (κ3) is 3.63. The first-order valence-electron chi connectivity index (χ1n) is 11.0. The second-order valence-electron chi connectivity index (χ2n) is 9.11. The highest BCUT2D eigenvalue weighted by Crippen LogP contribution is 2.42. The van der Waals surface area contributed by atoms with Gasteiger partial charge in [0.2, 0.25) is 5.91 Å². The molecule has 0 spiro atoms. The number of hydrogen-bond acceptors (Lipinski definition) is 4. The number of nitrogens with one attached hydrogen (secondary N) is 3. The van der Waals surface area contributed by atoms with E-state index in [2.05, 4.69) is 22.9 Å². The predicted molar refractivity (Wildman–Crippen MR) is 124 cm³/mol. The van der Waals surface area contributed by atoms with Crippen LogP contribution < -0.4 is 16.0 Å². The molecule has 0 radical (unpaired) electrons. The number of nitrogens with zero attached hydrogens (tertiary/aromatic N) is 1. The quantitative estimate of drug-likeness (QED) is 0.595. The average molecular weight is 439 g/mol. The van der Waals surface area contributed by atoms with Crippen molar-refractivity contribution in [3.8, 4) is 0 Å². The van der Waals surface area contributed by atoms with Crippen molar-refractivity contribution in [3.63, 3.8) is 0 Å². The Morgan fingerprint density at radius 2 is 2.00 bits per heavy atom. The first-order valence-corrected chi connectivity index (χ1v) is 11.4. The van der Waals surface area contributed by atoms with Crippen molar-refractivity contribution in [1.29, 1.82) is 0 Å². The zero-order valence-electron chi connectivity index (χ0n) is 17.6. The summed E-state index contributed by atoms with van der Waals surface area (Å²) in [6.07, 6.45) is 6.84. The highest BCUT2D eigenvalue weighted by atomic mass is 35.5. The zero-order valence-corrected chi connectivity index (χ0v) is 18.4. The molecule has 0 aromatic heterocycles. The molecule has 0 atom stereocenters. The summed E-state index contributed by atoms with van der Waals surface area (Å²) in [4.78, 5) is 26.8. The normalized spacial score (nSPS) is 20.4. The lowest BCUT2D eigenvalue weighted by molar-refractivity contribution is -0.147. The van der Waals surface area contributed by atoms with Gasteiger partial charge in [-0.25, -0.2) is 0 Å². The first kappa shape index (κ1) is 20.2. The van der Waals surface area contributed by atoms with Crippen LogP contribution in [0.4, 0.5) is 11.4 Å². The number of anilines is 2. The van der Waals surface area contributed by atoms with Crippen LogP contribution in [-0.2, 0) is 4.79 Å². The smallest absolute Gasteiger partial charge is 0.256 e. The molecule has 2 aliphatic heterocycles. The van der Waals surface area contributed by atoms with Crippen molar-refractivity contribution in [1.82, 2.24) is 10.2 Å². The molecular formula is C24H27ClN4O2. The summed E-state index contributed by atoms with van der Waals surface area (Å²) in [6.45, 7) is 3.69. The predicted octanol–water partition coefficient (Wildman–Crippen LogP) is 4.63. The number of likely N-dealkylation sites (tertiary alicyclic amines) is 1. The minimum Gasteiger partial charge on any atom is -0.386 e. The maximum absolute atomic E-state index is 12.7. The summed E-state index contributed by atoms with van der Waals surface area (Å²) >= 11 is 6.46. The molecule has 2 amide bonds. The number of benzene rings is 2. The highest BCUT2D eigenvalue weighted by molar-refractivity contribution is 6.31. The minimum absolute atomic E-state index is 0.0721. The molecule has 0 bridgehead atoms. The Kier molecular flexibility index (Phi) is 5.05. The van der Waals surface area contributed by atoms with Gasteiger partial charge in [0.1, 0.15) is 5.16 Å². The Labute approximate surface area is 187 Å². The number of amides is 2. The average Bonchev–Trinajstić information content (AvgIpc) is 3.09. The summed E-state index contributed by atoms with van der Waals surface area (Å²) in [5, 5.41) is 11.9. The van der Waals surface area contributed by atoms with E-state index in [-0.39, 0.29) is 11.3 Å². The van der Waals surface area contributed by atoms with Crippen LogP contribution in [0.3, 0.4) is 0 Å². The minimum atomic E-state index is -0.118. The summed E-state index contributed by atoms with van der Waals surface area (Å²) in [7, 11) is 0. The molecule has 1 saturated heterocycles. The third-order valence-corrected chi connectivity index (χ3v) is 7.19. The lowest BCUT2D eigenvalue weighted by Crippen LogP contribution is -2.51. The highest BCUT2D eigenvalue weighted by Gasteiger charge is 2.42. The van der Waals surface area contributed by atoms with E-state index in [0.29, 0.717) is 22.7 Å². The van der Waals surface area contributed by atoms with Gasteiger partial charge in [0.25, 0.3) is 5.91 Å². The standard InChI is InChI=1S/C24H27ClN4O2/c1-24(10-3-11-24)23(31)29-12-8-15(9-13-29)26-14-20(25)27-18-6-7-19-21-16(18)4-2-5-17(21)22(30)28-19/h2,4-7,14-15,26-27H,3,8-13H2,1H3,(H,28,30)/b20-14+. The molecule has 2 heterocycles. The van der Waals surface area contributed by atoms with Crippen LogP contribution in [0, 0.1) is 5.41 Å². The molecule has 2 aromatic carbocycles. The molecule has 1 saturated carbocycles. The van der Waals surface area contributed by atoms with E-state index in [4.69, 9.17) is 11.6 Å². The van der Waals surface area contributed by atoms with Crippen LogP contribution >= 0.6 is 11.6 Å². The van der Waals surface area contributed by atoms with Crippen molar-refractivity contribution in [2.45, 2.75) is 45.1 Å². The maximum Gasteiger partial charge on any atom is 0.256 e. The SMILES string of the molecule is CC1(C(=O)N2CCC(N/C=C(\Cl)Nc3ccc4c5c(cccc35)C(=O)N4)CC2)CCC1. The van der Waals surface area contributed by atoms with E-state index in [9.17, 15) is 9.59 Å². The third-order valence-electron chi connectivity index (χ3n) is 6.99.